The molecule has 0 bridgehead atoms. The van der Waals surface area contributed by atoms with E-state index in [0.29, 0.717) is 42.0 Å². The van der Waals surface area contributed by atoms with E-state index in [4.69, 9.17) is 14.2 Å². The molecule has 0 saturated heterocycles. The molecular weight excluding hydrogens is 306 g/mol. The molecule has 1 aromatic carbocycles. The molecule has 134 valence electrons. The van der Waals surface area contributed by atoms with E-state index in [-0.39, 0.29) is 5.91 Å². The molecular formula is C19H29NO4. The first-order chi connectivity index (χ1) is 11.5. The van der Waals surface area contributed by atoms with Gasteiger partial charge in [-0.1, -0.05) is 13.8 Å². The minimum Gasteiger partial charge on any atom is -0.493 e. The van der Waals surface area contributed by atoms with Crippen molar-refractivity contribution in [3.63, 3.8) is 0 Å². The predicted molar refractivity (Wildman–Crippen MR) is 94.0 cm³/mol. The molecule has 0 spiro atoms. The van der Waals surface area contributed by atoms with Crippen LogP contribution in [-0.2, 0) is 11.2 Å². The van der Waals surface area contributed by atoms with Gasteiger partial charge in [-0.2, -0.15) is 0 Å². The molecule has 24 heavy (non-hydrogen) atoms. The van der Waals surface area contributed by atoms with E-state index in [1.54, 1.807) is 21.3 Å². The van der Waals surface area contributed by atoms with Gasteiger partial charge in [0.25, 0.3) is 0 Å². The summed E-state index contributed by atoms with van der Waals surface area (Å²) in [5, 5.41) is 0. The predicted octanol–water partition coefficient (Wildman–Crippen LogP) is 3.29. The molecule has 0 heterocycles. The van der Waals surface area contributed by atoms with Crippen molar-refractivity contribution in [2.45, 2.75) is 45.6 Å². The third-order valence-corrected chi connectivity index (χ3v) is 4.22. The highest BCUT2D eigenvalue weighted by Crippen LogP contribution is 2.38. The normalized spacial score (nSPS) is 13.8. The van der Waals surface area contributed by atoms with Crippen LogP contribution in [0.25, 0.3) is 0 Å². The number of methoxy groups -OCH3 is 3. The number of benzene rings is 1. The zero-order chi connectivity index (χ0) is 17.7. The Labute approximate surface area is 144 Å². The number of hydrogen-bond donors (Lipinski definition) is 0. The zero-order valence-corrected chi connectivity index (χ0v) is 15.4. The standard InChI is InChI=1S/C19H29NO4/c1-13(2)12-20(15-7-8-15)18(21)9-6-14-10-16(22-3)19(24-5)17(11-14)23-4/h10-11,13,15H,6-9,12H2,1-5H3. The SMILES string of the molecule is COc1cc(CCC(=O)N(CC(C)C)C2CC2)cc(OC)c1OC. The molecule has 0 N–H and O–H groups in total. The van der Waals surface area contributed by atoms with Crippen LogP contribution in [0.5, 0.6) is 17.2 Å². The van der Waals surface area contributed by atoms with Crippen LogP contribution >= 0.6 is 0 Å². The summed E-state index contributed by atoms with van der Waals surface area (Å²) < 4.78 is 16.1. The maximum atomic E-state index is 12.6. The van der Waals surface area contributed by atoms with Crippen molar-refractivity contribution in [3.05, 3.63) is 17.7 Å². The van der Waals surface area contributed by atoms with E-state index < -0.39 is 0 Å². The van der Waals surface area contributed by atoms with Gasteiger partial charge in [0.15, 0.2) is 11.5 Å². The molecule has 0 unspecified atom stereocenters. The van der Waals surface area contributed by atoms with Gasteiger partial charge in [-0.15, -0.1) is 0 Å². The average Bonchev–Trinajstić information content (AvgIpc) is 3.41. The maximum Gasteiger partial charge on any atom is 0.223 e. The van der Waals surface area contributed by atoms with Crippen molar-refractivity contribution in [2.75, 3.05) is 27.9 Å². The van der Waals surface area contributed by atoms with Crippen LogP contribution < -0.4 is 14.2 Å². The fourth-order valence-corrected chi connectivity index (χ4v) is 2.91. The fourth-order valence-electron chi connectivity index (χ4n) is 2.91. The number of carbonyl (C=O) groups is 1. The Balaban J connectivity index is 2.06. The smallest absolute Gasteiger partial charge is 0.223 e. The number of hydrogen-bond acceptors (Lipinski definition) is 4. The van der Waals surface area contributed by atoms with Crippen LogP contribution in [0, 0.1) is 5.92 Å². The molecule has 1 saturated carbocycles. The van der Waals surface area contributed by atoms with Crippen molar-refractivity contribution in [1.82, 2.24) is 4.90 Å². The number of amides is 1. The molecule has 0 aliphatic heterocycles. The Morgan fingerprint density at radius 2 is 1.71 bits per heavy atom. The average molecular weight is 335 g/mol. The van der Waals surface area contributed by atoms with E-state index in [0.717, 1.165) is 24.9 Å². The van der Waals surface area contributed by atoms with E-state index in [9.17, 15) is 4.79 Å². The maximum absolute atomic E-state index is 12.6. The van der Waals surface area contributed by atoms with Gasteiger partial charge < -0.3 is 19.1 Å². The van der Waals surface area contributed by atoms with Gasteiger partial charge in [0.05, 0.1) is 21.3 Å². The Bertz CT molecular complexity index is 541. The van der Waals surface area contributed by atoms with Crippen molar-refractivity contribution in [1.29, 1.82) is 0 Å². The molecule has 1 amide bonds. The quantitative estimate of drug-likeness (QED) is 0.695. The van der Waals surface area contributed by atoms with Gasteiger partial charge in [-0.3, -0.25) is 4.79 Å². The van der Waals surface area contributed by atoms with Crippen LogP contribution in [0.2, 0.25) is 0 Å². The van der Waals surface area contributed by atoms with E-state index in [1.807, 2.05) is 12.1 Å². The van der Waals surface area contributed by atoms with Crippen LogP contribution in [0.3, 0.4) is 0 Å². The van der Waals surface area contributed by atoms with Crippen molar-refractivity contribution >= 4 is 5.91 Å². The van der Waals surface area contributed by atoms with Crippen LogP contribution in [0.15, 0.2) is 12.1 Å². The summed E-state index contributed by atoms with van der Waals surface area (Å²) in [5.41, 5.74) is 1.01. The highest BCUT2D eigenvalue weighted by atomic mass is 16.5. The lowest BCUT2D eigenvalue weighted by atomic mass is 10.1. The second-order valence-corrected chi connectivity index (χ2v) is 6.70. The monoisotopic (exact) mass is 335 g/mol. The highest BCUT2D eigenvalue weighted by Gasteiger charge is 2.32. The molecule has 1 aliphatic carbocycles. The van der Waals surface area contributed by atoms with E-state index in [1.165, 1.54) is 0 Å². The van der Waals surface area contributed by atoms with Gasteiger partial charge in [0, 0.05) is 19.0 Å². The summed E-state index contributed by atoms with van der Waals surface area (Å²) in [4.78, 5) is 14.7. The molecule has 5 nitrogen and oxygen atoms in total. The Morgan fingerprint density at radius 3 is 2.12 bits per heavy atom. The largest absolute Gasteiger partial charge is 0.493 e. The third kappa shape index (κ3) is 4.56. The van der Waals surface area contributed by atoms with Crippen LogP contribution in [0.4, 0.5) is 0 Å². The number of ether oxygens (including phenoxy) is 3. The first-order valence-corrected chi connectivity index (χ1v) is 8.58. The third-order valence-electron chi connectivity index (χ3n) is 4.22. The second kappa shape index (κ2) is 8.27. The molecule has 5 heteroatoms. The summed E-state index contributed by atoms with van der Waals surface area (Å²) in [6.07, 6.45) is 3.45. The Kier molecular flexibility index (Phi) is 6.35. The number of aryl methyl sites for hydroxylation is 1. The lowest BCUT2D eigenvalue weighted by Crippen LogP contribution is -2.36. The number of rotatable bonds is 9. The first-order valence-electron chi connectivity index (χ1n) is 8.58. The molecule has 0 radical (unpaired) electrons. The molecule has 2 rings (SSSR count). The summed E-state index contributed by atoms with van der Waals surface area (Å²) >= 11 is 0. The Hall–Kier alpha value is -1.91. The molecule has 1 aliphatic rings. The molecule has 1 aromatic rings. The van der Waals surface area contributed by atoms with E-state index in [2.05, 4.69) is 18.7 Å². The summed E-state index contributed by atoms with van der Waals surface area (Å²) in [5.74, 6) is 2.56. The van der Waals surface area contributed by atoms with Gasteiger partial charge in [-0.05, 0) is 42.9 Å². The topological polar surface area (TPSA) is 48.0 Å². The number of carbonyl (C=O) groups excluding carboxylic acids is 1. The fraction of sp³-hybridized carbons (Fsp3) is 0.632. The number of nitrogens with zero attached hydrogens (tertiary/aromatic N) is 1. The lowest BCUT2D eigenvalue weighted by molar-refractivity contribution is -0.132. The minimum atomic E-state index is 0.236. The summed E-state index contributed by atoms with van der Waals surface area (Å²) in [6, 6.07) is 4.29. The summed E-state index contributed by atoms with van der Waals surface area (Å²) in [6.45, 7) is 5.16. The van der Waals surface area contributed by atoms with Crippen LogP contribution in [0.1, 0.15) is 38.7 Å². The van der Waals surface area contributed by atoms with Crippen LogP contribution in [-0.4, -0.2) is 44.7 Å². The molecule has 0 atom stereocenters. The van der Waals surface area contributed by atoms with Crippen molar-refractivity contribution in [3.8, 4) is 17.2 Å². The van der Waals surface area contributed by atoms with Gasteiger partial charge in [0.2, 0.25) is 11.7 Å². The second-order valence-electron chi connectivity index (χ2n) is 6.70. The highest BCUT2D eigenvalue weighted by molar-refractivity contribution is 5.77. The van der Waals surface area contributed by atoms with Gasteiger partial charge in [-0.25, -0.2) is 0 Å². The Morgan fingerprint density at radius 1 is 1.12 bits per heavy atom. The summed E-state index contributed by atoms with van der Waals surface area (Å²) in [7, 11) is 4.79. The minimum absolute atomic E-state index is 0.236. The molecule has 1 fully saturated rings. The lowest BCUT2D eigenvalue weighted by Gasteiger charge is -2.24. The van der Waals surface area contributed by atoms with Crippen molar-refractivity contribution < 1.29 is 19.0 Å². The van der Waals surface area contributed by atoms with Gasteiger partial charge >= 0.3 is 0 Å². The molecule has 0 aromatic heterocycles. The first kappa shape index (κ1) is 18.4. The van der Waals surface area contributed by atoms with E-state index >= 15 is 0 Å². The zero-order valence-electron chi connectivity index (χ0n) is 15.4. The van der Waals surface area contributed by atoms with Crippen molar-refractivity contribution in [2.24, 2.45) is 5.92 Å². The van der Waals surface area contributed by atoms with Gasteiger partial charge in [0.1, 0.15) is 0 Å².